The average molecular weight is 389 g/mol. The quantitative estimate of drug-likeness (QED) is 0.426. The van der Waals surface area contributed by atoms with Crippen LogP contribution in [-0.2, 0) is 10.0 Å². The molecule has 0 aliphatic rings. The maximum absolute atomic E-state index is 12.3. The number of nitrogens with one attached hydrogen (secondary N) is 2. The van der Waals surface area contributed by atoms with E-state index in [0.29, 0.717) is 11.4 Å². The van der Waals surface area contributed by atoms with Crippen LogP contribution in [0.15, 0.2) is 53.4 Å². The van der Waals surface area contributed by atoms with Crippen LogP contribution in [0.25, 0.3) is 0 Å². The van der Waals surface area contributed by atoms with Gasteiger partial charge in [-0.2, -0.15) is 0 Å². The van der Waals surface area contributed by atoms with Crippen LogP contribution in [0, 0.1) is 3.57 Å². The first-order chi connectivity index (χ1) is 9.04. The summed E-state index contributed by atoms with van der Waals surface area (Å²) >= 11 is 2.07. The summed E-state index contributed by atoms with van der Waals surface area (Å²) in [6.07, 6.45) is 0. The normalized spacial score (nSPS) is 11.1. The van der Waals surface area contributed by atoms with Gasteiger partial charge in [-0.05, 0) is 46.9 Å². The van der Waals surface area contributed by atoms with Gasteiger partial charge in [0, 0.05) is 3.57 Å². The largest absolute Gasteiger partial charge is 0.323 e. The molecule has 0 aliphatic heterocycles. The summed E-state index contributed by atoms with van der Waals surface area (Å²) in [5.41, 5.74) is 3.27. The summed E-state index contributed by atoms with van der Waals surface area (Å²) in [5.74, 6) is 5.33. The first kappa shape index (κ1) is 14.1. The molecule has 0 bridgehead atoms. The fourth-order valence-corrected chi connectivity index (χ4v) is 3.52. The van der Waals surface area contributed by atoms with E-state index >= 15 is 0 Å². The molecule has 7 heteroatoms. The Hall–Kier alpha value is -1.32. The van der Waals surface area contributed by atoms with Crippen LogP contribution in [0.1, 0.15) is 0 Å². The van der Waals surface area contributed by atoms with Crippen molar-refractivity contribution in [2.75, 3.05) is 10.1 Å². The van der Waals surface area contributed by atoms with E-state index in [4.69, 9.17) is 5.84 Å². The molecule has 19 heavy (non-hydrogen) atoms. The highest BCUT2D eigenvalue weighted by Crippen LogP contribution is 2.25. The Morgan fingerprint density at radius 3 is 2.16 bits per heavy atom. The molecule has 4 N–H and O–H groups in total. The number of benzene rings is 2. The maximum atomic E-state index is 12.3. The molecular formula is C12H12IN3O2S. The fraction of sp³-hybridized carbons (Fsp3) is 0. The lowest BCUT2D eigenvalue weighted by molar-refractivity contribution is 0.601. The van der Waals surface area contributed by atoms with E-state index in [-0.39, 0.29) is 4.90 Å². The van der Waals surface area contributed by atoms with E-state index < -0.39 is 10.0 Å². The van der Waals surface area contributed by atoms with Crippen molar-refractivity contribution in [2.24, 2.45) is 5.84 Å². The second-order valence-corrected chi connectivity index (χ2v) is 6.54. The maximum Gasteiger partial charge on any atom is 0.264 e. The van der Waals surface area contributed by atoms with E-state index in [9.17, 15) is 8.42 Å². The highest BCUT2D eigenvalue weighted by molar-refractivity contribution is 14.1. The van der Waals surface area contributed by atoms with E-state index in [1.165, 1.54) is 6.07 Å². The number of sulfonamides is 1. The zero-order chi connectivity index (χ0) is 13.9. The molecule has 2 aromatic rings. The Kier molecular flexibility index (Phi) is 4.27. The monoisotopic (exact) mass is 389 g/mol. The topological polar surface area (TPSA) is 84.2 Å². The predicted molar refractivity (Wildman–Crippen MR) is 84.2 cm³/mol. The standard InChI is InChI=1S/C12H12IN3O2S/c13-9-5-1-2-6-10(9)16-19(17,18)12-8-4-3-7-11(12)15-14/h1-8,15-16H,14H2. The highest BCUT2D eigenvalue weighted by atomic mass is 127. The van der Waals surface area contributed by atoms with Crippen LogP contribution in [0.2, 0.25) is 0 Å². The smallest absolute Gasteiger partial charge is 0.264 e. The molecule has 0 radical (unpaired) electrons. The van der Waals surface area contributed by atoms with Gasteiger partial charge in [0.2, 0.25) is 0 Å². The van der Waals surface area contributed by atoms with Crippen molar-refractivity contribution in [1.82, 2.24) is 0 Å². The Morgan fingerprint density at radius 2 is 1.53 bits per heavy atom. The van der Waals surface area contributed by atoms with Crippen molar-refractivity contribution in [3.63, 3.8) is 0 Å². The Labute approximate surface area is 125 Å². The molecule has 100 valence electrons. The van der Waals surface area contributed by atoms with Gasteiger partial charge in [-0.1, -0.05) is 24.3 Å². The molecule has 0 unspecified atom stereocenters. The number of nitrogens with two attached hydrogens (primary N) is 1. The summed E-state index contributed by atoms with van der Waals surface area (Å²) in [6.45, 7) is 0. The van der Waals surface area contributed by atoms with Gasteiger partial charge >= 0.3 is 0 Å². The second-order valence-electron chi connectivity index (χ2n) is 3.73. The second kappa shape index (κ2) is 5.76. The predicted octanol–water partition coefficient (Wildman–Crippen LogP) is 2.38. The van der Waals surface area contributed by atoms with Gasteiger partial charge in [0.15, 0.2) is 0 Å². The molecule has 0 fully saturated rings. The number of nitrogen functional groups attached to an aromatic ring is 1. The van der Waals surface area contributed by atoms with Gasteiger partial charge in [-0.15, -0.1) is 0 Å². The van der Waals surface area contributed by atoms with Crippen molar-refractivity contribution in [2.45, 2.75) is 4.90 Å². The summed E-state index contributed by atoms with van der Waals surface area (Å²) in [5, 5.41) is 0. The SMILES string of the molecule is NNc1ccccc1S(=O)(=O)Nc1ccccc1I. The molecule has 0 heterocycles. The lowest BCUT2D eigenvalue weighted by Crippen LogP contribution is -2.17. The number of hydrogen-bond acceptors (Lipinski definition) is 4. The lowest BCUT2D eigenvalue weighted by Gasteiger charge is -2.12. The summed E-state index contributed by atoms with van der Waals surface area (Å²) < 4.78 is 28.0. The minimum Gasteiger partial charge on any atom is -0.323 e. The number of para-hydroxylation sites is 2. The molecule has 0 saturated heterocycles. The third kappa shape index (κ3) is 3.17. The van der Waals surface area contributed by atoms with Gasteiger partial charge in [-0.3, -0.25) is 10.6 Å². The van der Waals surface area contributed by atoms with Gasteiger partial charge in [-0.25, -0.2) is 8.42 Å². The summed E-state index contributed by atoms with van der Waals surface area (Å²) in [6, 6.07) is 13.6. The minimum absolute atomic E-state index is 0.108. The van der Waals surface area contributed by atoms with Crippen molar-refractivity contribution in [1.29, 1.82) is 0 Å². The van der Waals surface area contributed by atoms with Crippen LogP contribution < -0.4 is 16.0 Å². The Balaban J connectivity index is 2.41. The molecule has 0 spiro atoms. The molecule has 0 amide bonds. The van der Waals surface area contributed by atoms with Gasteiger partial charge < -0.3 is 5.43 Å². The lowest BCUT2D eigenvalue weighted by atomic mass is 10.3. The van der Waals surface area contributed by atoms with Gasteiger partial charge in [0.05, 0.1) is 11.4 Å². The highest BCUT2D eigenvalue weighted by Gasteiger charge is 2.18. The molecule has 2 rings (SSSR count). The van der Waals surface area contributed by atoms with Crippen molar-refractivity contribution in [3.8, 4) is 0 Å². The number of hydrogen-bond donors (Lipinski definition) is 3. The zero-order valence-electron chi connectivity index (χ0n) is 9.80. The number of rotatable bonds is 4. The van der Waals surface area contributed by atoms with Crippen LogP contribution >= 0.6 is 22.6 Å². The zero-order valence-corrected chi connectivity index (χ0v) is 12.8. The average Bonchev–Trinajstić information content (AvgIpc) is 2.41. The molecule has 0 aliphatic carbocycles. The molecule has 0 saturated carbocycles. The molecule has 2 aromatic carbocycles. The molecule has 5 nitrogen and oxygen atoms in total. The molecule has 0 aromatic heterocycles. The van der Waals surface area contributed by atoms with E-state index in [0.717, 1.165) is 3.57 Å². The van der Waals surface area contributed by atoms with Crippen LogP contribution in [0.5, 0.6) is 0 Å². The van der Waals surface area contributed by atoms with Crippen LogP contribution in [-0.4, -0.2) is 8.42 Å². The summed E-state index contributed by atoms with van der Waals surface area (Å²) in [7, 11) is -3.68. The summed E-state index contributed by atoms with van der Waals surface area (Å²) in [4.78, 5) is 0.108. The number of anilines is 2. The van der Waals surface area contributed by atoms with Crippen molar-refractivity contribution < 1.29 is 8.42 Å². The van der Waals surface area contributed by atoms with Crippen LogP contribution in [0.3, 0.4) is 0 Å². The number of halogens is 1. The first-order valence-electron chi connectivity index (χ1n) is 5.37. The Morgan fingerprint density at radius 1 is 0.947 bits per heavy atom. The van der Waals surface area contributed by atoms with Crippen molar-refractivity contribution in [3.05, 3.63) is 52.1 Å². The van der Waals surface area contributed by atoms with E-state index in [1.807, 2.05) is 12.1 Å². The first-order valence-corrected chi connectivity index (χ1v) is 7.94. The van der Waals surface area contributed by atoms with Gasteiger partial charge in [0.1, 0.15) is 4.90 Å². The Bertz CT molecular complexity index is 689. The van der Waals surface area contributed by atoms with Gasteiger partial charge in [0.25, 0.3) is 10.0 Å². The third-order valence-electron chi connectivity index (χ3n) is 2.45. The third-order valence-corrected chi connectivity index (χ3v) is 4.81. The molecule has 0 atom stereocenters. The minimum atomic E-state index is -3.68. The van der Waals surface area contributed by atoms with E-state index in [2.05, 4.69) is 32.7 Å². The number of hydrazine groups is 1. The molecular weight excluding hydrogens is 377 g/mol. The van der Waals surface area contributed by atoms with Crippen LogP contribution in [0.4, 0.5) is 11.4 Å². The fourth-order valence-electron chi connectivity index (χ4n) is 1.56. The van der Waals surface area contributed by atoms with E-state index in [1.54, 1.807) is 30.3 Å². The van der Waals surface area contributed by atoms with Crippen molar-refractivity contribution >= 4 is 44.0 Å².